The molecule has 5 radical (unpaired) electrons. The zero-order valence-electron chi connectivity index (χ0n) is 25.2. The third-order valence-corrected chi connectivity index (χ3v) is 7.26. The van der Waals surface area contributed by atoms with Crippen molar-refractivity contribution in [2.75, 3.05) is 0 Å². The van der Waals surface area contributed by atoms with Gasteiger partial charge in [0.1, 0.15) is 0 Å². The number of benzene rings is 4. The van der Waals surface area contributed by atoms with Crippen molar-refractivity contribution in [1.29, 1.82) is 0 Å². The van der Waals surface area contributed by atoms with Gasteiger partial charge in [-0.05, 0) is 57.2 Å². The van der Waals surface area contributed by atoms with Gasteiger partial charge in [0.25, 0.3) is 0 Å². The molecule has 1 saturated heterocycles. The summed E-state index contributed by atoms with van der Waals surface area (Å²) in [7, 11) is 0. The van der Waals surface area contributed by atoms with E-state index >= 15 is 10.2 Å². The molecule has 0 spiro atoms. The van der Waals surface area contributed by atoms with E-state index in [2.05, 4.69) is 13.5 Å². The Balaban J connectivity index is 0.000000519. The van der Waals surface area contributed by atoms with E-state index in [0.717, 1.165) is 0 Å². The van der Waals surface area contributed by atoms with E-state index < -0.39 is 29.2 Å². The van der Waals surface area contributed by atoms with Gasteiger partial charge in [-0.25, -0.2) is 19.6 Å². The molecule has 2 fully saturated rings. The second-order valence-corrected chi connectivity index (χ2v) is 10.7. The van der Waals surface area contributed by atoms with Crippen LogP contribution in [0.1, 0.15) is 36.1 Å². The molecule has 4 aromatic rings. The van der Waals surface area contributed by atoms with Gasteiger partial charge in [0.15, 0.2) is 5.79 Å². The van der Waals surface area contributed by atoms with Crippen molar-refractivity contribution >= 4 is 0 Å². The Labute approximate surface area is 278 Å². The average Bonchev–Trinajstić information content (AvgIpc) is 3.75. The van der Waals surface area contributed by atoms with Gasteiger partial charge in [-0.1, -0.05) is 144 Å². The van der Waals surface area contributed by atoms with Crippen LogP contribution in [0.4, 0.5) is 0 Å². The largest absolute Gasteiger partial charge is 4.00 e. The SMILES string of the molecule is C=C[CH2-].CC1(C)O[C@@H](C([O-])(c2ccccc2)c2ccccc2)[C@H](C([O-])(c2ccccc2)c2ccccc2)O1.[CH]1[CH][CH][CH][CH]1.[Ti+4]. The molecule has 1 aliphatic carbocycles. The summed E-state index contributed by atoms with van der Waals surface area (Å²) in [5.41, 5.74) is -1.70. The molecular weight excluding hydrogens is 580 g/mol. The van der Waals surface area contributed by atoms with E-state index in [9.17, 15) is 0 Å². The van der Waals surface area contributed by atoms with Crippen LogP contribution in [-0.4, -0.2) is 18.0 Å². The van der Waals surface area contributed by atoms with Crippen LogP contribution in [0, 0.1) is 39.0 Å². The summed E-state index contributed by atoms with van der Waals surface area (Å²) in [6, 6.07) is 36.5. The molecule has 0 N–H and O–H groups in total. The second kappa shape index (κ2) is 16.4. The minimum Gasteiger partial charge on any atom is -0.841 e. The van der Waals surface area contributed by atoms with Crippen LogP contribution >= 0.6 is 0 Å². The van der Waals surface area contributed by atoms with Gasteiger partial charge in [-0.2, -0.15) is 0 Å². The molecule has 1 saturated carbocycles. The van der Waals surface area contributed by atoms with Crippen molar-refractivity contribution in [2.45, 2.75) is 43.0 Å². The number of hydrogen-bond acceptors (Lipinski definition) is 4. The predicted molar refractivity (Wildman–Crippen MR) is 168 cm³/mol. The van der Waals surface area contributed by atoms with E-state index in [1.165, 1.54) is 6.08 Å². The topological polar surface area (TPSA) is 64.6 Å². The summed E-state index contributed by atoms with van der Waals surface area (Å²) in [6.45, 7) is 10.0. The Morgan fingerprint density at radius 1 is 0.568 bits per heavy atom. The van der Waals surface area contributed by atoms with Crippen LogP contribution in [0.3, 0.4) is 0 Å². The Hall–Kier alpha value is -2.96. The molecule has 0 amide bonds. The first-order valence-corrected chi connectivity index (χ1v) is 14.3. The van der Waals surface area contributed by atoms with Crippen molar-refractivity contribution < 1.29 is 41.4 Å². The molecule has 5 heteroatoms. The standard InChI is InChI=1S/C31H28O4.C5H5.C3H5.Ti/c1-29(2)34-27(30(32,23-15-7-3-8-16-23)24-17-9-4-10-18-24)28(35-29)31(33,25-19-11-5-12-20-25)26-21-13-6-14-22-26;1-2-4-5-3-1;1-3-2;/h3-22,27-28H,1-2H3;1-5H;3H,1-2H2;/q-2;;-1;+4/t27-,28-;;;/m1.../s1. The van der Waals surface area contributed by atoms with Crippen LogP contribution < -0.4 is 10.2 Å². The number of hydrogen-bond donors (Lipinski definition) is 0. The van der Waals surface area contributed by atoms with Crippen molar-refractivity contribution in [2.24, 2.45) is 0 Å². The molecule has 4 aromatic carbocycles. The normalized spacial score (nSPS) is 18.9. The summed E-state index contributed by atoms with van der Waals surface area (Å²) in [4.78, 5) is 0. The van der Waals surface area contributed by atoms with Crippen molar-refractivity contribution in [1.82, 2.24) is 0 Å². The van der Waals surface area contributed by atoms with Gasteiger partial charge < -0.3 is 19.7 Å². The average molecular weight is 619 g/mol. The van der Waals surface area contributed by atoms with Crippen LogP contribution in [0.2, 0.25) is 0 Å². The molecule has 6 rings (SSSR count). The maximum absolute atomic E-state index is 15.2. The van der Waals surface area contributed by atoms with Crippen LogP contribution in [0.5, 0.6) is 0 Å². The van der Waals surface area contributed by atoms with Gasteiger partial charge in [0.05, 0.1) is 12.2 Å². The molecule has 0 unspecified atom stereocenters. The van der Waals surface area contributed by atoms with Gasteiger partial charge in [-0.15, -0.1) is 0 Å². The fraction of sp³-hybridized carbons (Fsp3) is 0.179. The maximum atomic E-state index is 15.2. The minimum absolute atomic E-state index is 0. The van der Waals surface area contributed by atoms with Crippen LogP contribution in [-0.2, 0) is 42.4 Å². The van der Waals surface area contributed by atoms with E-state index in [1.807, 2.05) is 105 Å². The Kier molecular flexibility index (Phi) is 13.2. The molecule has 4 nitrogen and oxygen atoms in total. The zero-order valence-corrected chi connectivity index (χ0v) is 26.8. The monoisotopic (exact) mass is 618 g/mol. The van der Waals surface area contributed by atoms with Crippen LogP contribution in [0.25, 0.3) is 0 Å². The van der Waals surface area contributed by atoms with E-state index in [4.69, 9.17) is 9.47 Å². The summed E-state index contributed by atoms with van der Waals surface area (Å²) in [6.07, 6.45) is 9.28. The van der Waals surface area contributed by atoms with Gasteiger partial charge in [-0.3, -0.25) is 0 Å². The Bertz CT molecular complexity index is 1190. The molecule has 1 heterocycles. The minimum atomic E-state index is -1.89. The maximum Gasteiger partial charge on any atom is 4.00 e. The van der Waals surface area contributed by atoms with Gasteiger partial charge in [0.2, 0.25) is 0 Å². The summed E-state index contributed by atoms with van der Waals surface area (Å²) in [5.74, 6) is -1.13. The van der Waals surface area contributed by atoms with Gasteiger partial charge in [0, 0.05) is 0 Å². The molecule has 2 atom stereocenters. The Morgan fingerprint density at radius 2 is 0.773 bits per heavy atom. The fourth-order valence-electron chi connectivity index (χ4n) is 5.41. The number of allylic oxidation sites excluding steroid dienone is 1. The van der Waals surface area contributed by atoms with E-state index in [0.29, 0.717) is 22.3 Å². The molecule has 0 bridgehead atoms. The zero-order chi connectivity index (χ0) is 30.8. The first kappa shape index (κ1) is 35.5. The van der Waals surface area contributed by atoms with Gasteiger partial charge >= 0.3 is 21.7 Å². The van der Waals surface area contributed by atoms with Crippen molar-refractivity contribution in [3.8, 4) is 0 Å². The van der Waals surface area contributed by atoms with Crippen molar-refractivity contribution in [3.05, 3.63) is 195 Å². The molecule has 221 valence electrons. The predicted octanol–water partition coefficient (Wildman–Crippen LogP) is 6.14. The summed E-state index contributed by atoms with van der Waals surface area (Å²) in [5, 5.41) is 30.3. The molecular formula is C39H38O4Ti+. The fourth-order valence-corrected chi connectivity index (χ4v) is 5.41. The van der Waals surface area contributed by atoms with Crippen molar-refractivity contribution in [3.63, 3.8) is 0 Å². The second-order valence-electron chi connectivity index (χ2n) is 10.7. The summed E-state index contributed by atoms with van der Waals surface area (Å²) >= 11 is 0. The molecule has 44 heavy (non-hydrogen) atoms. The third kappa shape index (κ3) is 8.00. The molecule has 1 aliphatic heterocycles. The third-order valence-electron chi connectivity index (χ3n) is 7.26. The summed E-state index contributed by atoms with van der Waals surface area (Å²) < 4.78 is 12.8. The number of rotatable bonds is 6. The van der Waals surface area contributed by atoms with Crippen LogP contribution in [0.15, 0.2) is 134 Å². The Morgan fingerprint density at radius 3 is 0.977 bits per heavy atom. The molecule has 0 aromatic heterocycles. The smallest absolute Gasteiger partial charge is 0.841 e. The quantitative estimate of drug-likeness (QED) is 0.193. The van der Waals surface area contributed by atoms with E-state index in [1.54, 1.807) is 62.4 Å². The molecule has 2 aliphatic rings. The first-order chi connectivity index (χ1) is 20.8. The first-order valence-electron chi connectivity index (χ1n) is 14.3. The number of ether oxygens (including phenoxy) is 2. The van der Waals surface area contributed by atoms with E-state index in [-0.39, 0.29) is 21.7 Å².